The second kappa shape index (κ2) is 6.59. The zero-order chi connectivity index (χ0) is 12.3. The van der Waals surface area contributed by atoms with Crippen molar-refractivity contribution in [3.63, 3.8) is 0 Å². The summed E-state index contributed by atoms with van der Waals surface area (Å²) in [6.07, 6.45) is 4.04. The number of nitrogens with zero attached hydrogens (tertiary/aromatic N) is 2. The van der Waals surface area contributed by atoms with Crippen LogP contribution in [0.2, 0.25) is 0 Å². The first-order chi connectivity index (χ1) is 8.19. The van der Waals surface area contributed by atoms with Gasteiger partial charge < -0.3 is 9.80 Å². The molecule has 1 aromatic rings. The Balaban J connectivity index is 0.00000162. The molecule has 1 heterocycles. The van der Waals surface area contributed by atoms with Gasteiger partial charge in [0.25, 0.3) is 0 Å². The van der Waals surface area contributed by atoms with Crippen molar-refractivity contribution in [3.8, 4) is 0 Å². The number of hydrogen-bond acceptors (Lipinski definition) is 2. The van der Waals surface area contributed by atoms with E-state index in [2.05, 4.69) is 4.90 Å². The van der Waals surface area contributed by atoms with Crippen LogP contribution in [0.25, 0.3) is 0 Å². The molecule has 0 amide bonds. The van der Waals surface area contributed by atoms with E-state index >= 15 is 0 Å². The minimum absolute atomic E-state index is 0. The molecule has 2 nitrogen and oxygen atoms in total. The van der Waals surface area contributed by atoms with Crippen LogP contribution in [0.5, 0.6) is 0 Å². The maximum Gasteiger partial charge on any atom is 0.128 e. The average Bonchev–Trinajstić information content (AvgIpc) is 2.29. The van der Waals surface area contributed by atoms with E-state index in [-0.39, 0.29) is 12.4 Å². The molecule has 18 heavy (non-hydrogen) atoms. The van der Waals surface area contributed by atoms with Crippen molar-refractivity contribution in [2.45, 2.75) is 6.92 Å². The minimum atomic E-state index is -0.518. The molecule has 0 N–H and O–H groups in total. The van der Waals surface area contributed by atoms with Crippen molar-refractivity contribution in [2.24, 2.45) is 0 Å². The molecule has 0 spiro atoms. The van der Waals surface area contributed by atoms with E-state index in [1.165, 1.54) is 12.1 Å². The van der Waals surface area contributed by atoms with Gasteiger partial charge in [-0.15, -0.1) is 12.4 Å². The van der Waals surface area contributed by atoms with E-state index in [4.69, 9.17) is 0 Å². The third kappa shape index (κ3) is 3.60. The van der Waals surface area contributed by atoms with Crippen LogP contribution in [0.4, 0.5) is 14.5 Å². The van der Waals surface area contributed by atoms with Crippen LogP contribution in [-0.2, 0) is 0 Å². The first kappa shape index (κ1) is 14.8. The van der Waals surface area contributed by atoms with Gasteiger partial charge in [0.2, 0.25) is 0 Å². The molecule has 2 rings (SSSR count). The topological polar surface area (TPSA) is 6.48 Å². The lowest BCUT2D eigenvalue weighted by Crippen LogP contribution is -2.44. The molecule has 1 saturated heterocycles. The Hall–Kier alpha value is -1.29. The van der Waals surface area contributed by atoms with Gasteiger partial charge in [0, 0.05) is 37.9 Å². The lowest BCUT2D eigenvalue weighted by atomic mass is 10.2. The van der Waals surface area contributed by atoms with Crippen LogP contribution in [0.15, 0.2) is 30.5 Å². The summed E-state index contributed by atoms with van der Waals surface area (Å²) in [7, 11) is 0. The molecule has 1 aliphatic heterocycles. The number of allylic oxidation sites excluding steroid dienone is 1. The van der Waals surface area contributed by atoms with Crippen molar-refractivity contribution < 1.29 is 8.78 Å². The van der Waals surface area contributed by atoms with Gasteiger partial charge in [-0.25, -0.2) is 8.78 Å². The maximum atomic E-state index is 13.1. The largest absolute Gasteiger partial charge is 0.374 e. The molecule has 5 heteroatoms. The summed E-state index contributed by atoms with van der Waals surface area (Å²) in [5.74, 6) is -1.04. The van der Waals surface area contributed by atoms with Gasteiger partial charge in [-0.2, -0.15) is 0 Å². The second-order valence-corrected chi connectivity index (χ2v) is 4.13. The summed E-state index contributed by atoms with van der Waals surface area (Å²) >= 11 is 0. The summed E-state index contributed by atoms with van der Waals surface area (Å²) < 4.78 is 26.2. The van der Waals surface area contributed by atoms with Crippen molar-refractivity contribution in [3.05, 3.63) is 42.1 Å². The van der Waals surface area contributed by atoms with E-state index in [0.717, 1.165) is 32.2 Å². The molecule has 0 saturated carbocycles. The Morgan fingerprint density at radius 3 is 2.06 bits per heavy atom. The number of hydrogen-bond donors (Lipinski definition) is 0. The SMILES string of the molecule is C/C=C/N1CCN(c2cc(F)cc(F)c2)CC1.Cl. The Kier molecular flexibility index (Phi) is 5.41. The van der Waals surface area contributed by atoms with E-state index in [0.29, 0.717) is 5.69 Å². The van der Waals surface area contributed by atoms with Gasteiger partial charge in [0.1, 0.15) is 11.6 Å². The number of benzene rings is 1. The third-order valence-corrected chi connectivity index (χ3v) is 2.89. The highest BCUT2D eigenvalue weighted by Gasteiger charge is 2.15. The van der Waals surface area contributed by atoms with Crippen molar-refractivity contribution >= 4 is 18.1 Å². The van der Waals surface area contributed by atoms with Gasteiger partial charge in [-0.3, -0.25) is 0 Å². The van der Waals surface area contributed by atoms with Gasteiger partial charge >= 0.3 is 0 Å². The summed E-state index contributed by atoms with van der Waals surface area (Å²) in [6, 6.07) is 3.67. The molecule has 0 bridgehead atoms. The smallest absolute Gasteiger partial charge is 0.128 e. The highest BCUT2D eigenvalue weighted by molar-refractivity contribution is 5.85. The molecule has 1 aromatic carbocycles. The summed E-state index contributed by atoms with van der Waals surface area (Å²) in [6.45, 7) is 5.31. The quantitative estimate of drug-likeness (QED) is 0.818. The molecule has 1 aliphatic rings. The minimum Gasteiger partial charge on any atom is -0.374 e. The molecule has 100 valence electrons. The fraction of sp³-hybridized carbons (Fsp3) is 0.385. The van der Waals surface area contributed by atoms with Crippen LogP contribution in [0.1, 0.15) is 6.92 Å². The average molecular weight is 275 g/mol. The van der Waals surface area contributed by atoms with Crippen LogP contribution in [-0.4, -0.2) is 31.1 Å². The van der Waals surface area contributed by atoms with Crippen LogP contribution >= 0.6 is 12.4 Å². The Labute approximate surface area is 112 Å². The molecule has 0 aromatic heterocycles. The van der Waals surface area contributed by atoms with E-state index in [9.17, 15) is 8.78 Å². The maximum absolute atomic E-state index is 13.1. The van der Waals surface area contributed by atoms with Gasteiger partial charge in [0.05, 0.1) is 0 Å². The molecular weight excluding hydrogens is 258 g/mol. The van der Waals surface area contributed by atoms with Crippen LogP contribution < -0.4 is 4.90 Å². The summed E-state index contributed by atoms with van der Waals surface area (Å²) in [4.78, 5) is 4.21. The van der Waals surface area contributed by atoms with Gasteiger partial charge in [-0.05, 0) is 25.3 Å². The number of halogens is 3. The molecule has 1 fully saturated rings. The molecular formula is C13H17ClF2N2. The monoisotopic (exact) mass is 274 g/mol. The second-order valence-electron chi connectivity index (χ2n) is 4.13. The van der Waals surface area contributed by atoms with Crippen molar-refractivity contribution in [2.75, 3.05) is 31.1 Å². The summed E-state index contributed by atoms with van der Waals surface area (Å²) in [5.41, 5.74) is 0.627. The van der Waals surface area contributed by atoms with E-state index in [1.54, 1.807) is 0 Å². The first-order valence-corrected chi connectivity index (χ1v) is 5.77. The lowest BCUT2D eigenvalue weighted by molar-refractivity contribution is 0.348. The molecule has 0 aliphatic carbocycles. The molecule has 0 atom stereocenters. The Morgan fingerprint density at radius 2 is 1.56 bits per heavy atom. The number of rotatable bonds is 2. The standard InChI is InChI=1S/C13H16F2N2.ClH/c1-2-3-16-4-6-17(7-5-16)13-9-11(14)8-12(15)10-13;/h2-3,8-10H,4-7H2,1H3;1H/b3-2+;. The first-order valence-electron chi connectivity index (χ1n) is 5.77. The van der Waals surface area contributed by atoms with E-state index in [1.807, 2.05) is 24.1 Å². The fourth-order valence-corrected chi connectivity index (χ4v) is 2.06. The highest BCUT2D eigenvalue weighted by Crippen LogP contribution is 2.19. The lowest BCUT2D eigenvalue weighted by Gasteiger charge is -2.35. The van der Waals surface area contributed by atoms with Crippen molar-refractivity contribution in [1.82, 2.24) is 4.90 Å². The Bertz CT molecular complexity index is 395. The fourth-order valence-electron chi connectivity index (χ4n) is 2.06. The van der Waals surface area contributed by atoms with Crippen LogP contribution in [0, 0.1) is 11.6 Å². The predicted molar refractivity (Wildman–Crippen MR) is 72.2 cm³/mol. The number of piperazine rings is 1. The molecule has 0 radical (unpaired) electrons. The zero-order valence-corrected chi connectivity index (χ0v) is 11.1. The predicted octanol–water partition coefficient (Wildman–Crippen LogP) is 3.04. The van der Waals surface area contributed by atoms with Gasteiger partial charge in [0.15, 0.2) is 0 Å². The summed E-state index contributed by atoms with van der Waals surface area (Å²) in [5, 5.41) is 0. The van der Waals surface area contributed by atoms with Gasteiger partial charge in [-0.1, -0.05) is 6.08 Å². The normalized spacial score (nSPS) is 15.9. The van der Waals surface area contributed by atoms with Crippen molar-refractivity contribution in [1.29, 1.82) is 0 Å². The van der Waals surface area contributed by atoms with E-state index < -0.39 is 11.6 Å². The van der Waals surface area contributed by atoms with Crippen LogP contribution in [0.3, 0.4) is 0 Å². The molecule has 0 unspecified atom stereocenters. The number of anilines is 1. The highest BCUT2D eigenvalue weighted by atomic mass is 35.5. The third-order valence-electron chi connectivity index (χ3n) is 2.89. The Morgan fingerprint density at radius 1 is 1.00 bits per heavy atom. The zero-order valence-electron chi connectivity index (χ0n) is 10.3.